The quantitative estimate of drug-likeness (QED) is 0.653. The standard InChI is InChI=1S/C6H8N4O6S/c1-3-16-5-7-9(4(11)8-17(13)14)6(12)10(5)15-2/h3H2,1-2H3. The number of carbonyl (C=O) groups excluding carboxylic acids is 1. The number of aromatic nitrogens is 3. The van der Waals surface area contributed by atoms with Crippen LogP contribution in [0, 0.1) is 0 Å². The van der Waals surface area contributed by atoms with E-state index in [0.717, 1.165) is 7.11 Å². The van der Waals surface area contributed by atoms with E-state index in [1.165, 1.54) is 0 Å². The Hall–Kier alpha value is -2.17. The minimum Gasteiger partial charge on any atom is -0.462 e. The SMILES string of the molecule is CCOc1nn(C(=O)N=S(=O)=O)c(=O)n1OC. The van der Waals surface area contributed by atoms with Gasteiger partial charge in [-0.3, -0.25) is 0 Å². The van der Waals surface area contributed by atoms with E-state index in [1.807, 2.05) is 0 Å². The van der Waals surface area contributed by atoms with Crippen LogP contribution in [0.25, 0.3) is 0 Å². The second-order valence-electron chi connectivity index (χ2n) is 2.48. The predicted molar refractivity (Wildman–Crippen MR) is 52.3 cm³/mol. The Bertz CT molecular complexity index is 603. The molecule has 10 nitrogen and oxygen atoms in total. The van der Waals surface area contributed by atoms with Crippen LogP contribution in [-0.4, -0.2) is 42.7 Å². The van der Waals surface area contributed by atoms with Crippen LogP contribution in [0.15, 0.2) is 9.16 Å². The number of hydrogen-bond donors (Lipinski definition) is 0. The van der Waals surface area contributed by atoms with Gasteiger partial charge in [0, 0.05) is 0 Å². The lowest BCUT2D eigenvalue weighted by molar-refractivity contribution is 0.121. The fourth-order valence-electron chi connectivity index (χ4n) is 0.937. The molecule has 0 N–H and O–H groups in total. The molecule has 0 radical (unpaired) electrons. The van der Waals surface area contributed by atoms with E-state index in [2.05, 4.69) is 14.3 Å². The molecule has 1 heterocycles. The van der Waals surface area contributed by atoms with E-state index in [-0.39, 0.29) is 17.3 Å². The average Bonchev–Trinajstić information content (AvgIpc) is 2.55. The van der Waals surface area contributed by atoms with Crippen LogP contribution in [0.3, 0.4) is 0 Å². The molecule has 1 aromatic rings. The predicted octanol–water partition coefficient (Wildman–Crippen LogP) is -1.47. The zero-order chi connectivity index (χ0) is 13.0. The van der Waals surface area contributed by atoms with Gasteiger partial charge in [-0.15, -0.1) is 9.78 Å². The summed E-state index contributed by atoms with van der Waals surface area (Å²) in [4.78, 5) is 27.3. The third-order valence-electron chi connectivity index (χ3n) is 1.50. The lowest BCUT2D eigenvalue weighted by atomic mass is 10.9. The van der Waals surface area contributed by atoms with E-state index in [1.54, 1.807) is 6.92 Å². The van der Waals surface area contributed by atoms with Crippen molar-refractivity contribution in [3.05, 3.63) is 10.5 Å². The summed E-state index contributed by atoms with van der Waals surface area (Å²) in [5.74, 6) is 0. The molecule has 0 fully saturated rings. The van der Waals surface area contributed by atoms with E-state index in [0.29, 0.717) is 4.73 Å². The maximum atomic E-state index is 11.5. The van der Waals surface area contributed by atoms with Crippen LogP contribution in [-0.2, 0) is 10.5 Å². The molecule has 11 heteroatoms. The molecule has 1 amide bonds. The molecule has 0 aliphatic carbocycles. The Morgan fingerprint density at radius 1 is 1.53 bits per heavy atom. The van der Waals surface area contributed by atoms with Gasteiger partial charge in [-0.05, 0) is 6.92 Å². The molecule has 0 saturated heterocycles. The highest BCUT2D eigenvalue weighted by molar-refractivity contribution is 7.62. The Morgan fingerprint density at radius 3 is 2.65 bits per heavy atom. The Morgan fingerprint density at radius 2 is 2.18 bits per heavy atom. The van der Waals surface area contributed by atoms with Crippen molar-refractivity contribution < 1.29 is 22.8 Å². The first kappa shape index (κ1) is 12.9. The molecule has 1 aromatic heterocycles. The van der Waals surface area contributed by atoms with Crippen molar-refractivity contribution in [1.82, 2.24) is 14.5 Å². The van der Waals surface area contributed by atoms with Crippen LogP contribution in [0.2, 0.25) is 0 Å². The zero-order valence-corrected chi connectivity index (χ0v) is 9.67. The van der Waals surface area contributed by atoms with Crippen LogP contribution in [0.1, 0.15) is 6.92 Å². The molecule has 0 saturated carbocycles. The van der Waals surface area contributed by atoms with Crippen LogP contribution >= 0.6 is 0 Å². The second kappa shape index (κ2) is 5.25. The lowest BCUT2D eigenvalue weighted by Crippen LogP contribution is -2.31. The van der Waals surface area contributed by atoms with E-state index >= 15 is 0 Å². The normalized spacial score (nSPS) is 9.76. The maximum Gasteiger partial charge on any atom is 0.391 e. The van der Waals surface area contributed by atoms with Crippen molar-refractivity contribution in [3.8, 4) is 6.01 Å². The molecule has 0 bridgehead atoms. The lowest BCUT2D eigenvalue weighted by Gasteiger charge is -2.00. The van der Waals surface area contributed by atoms with Gasteiger partial charge in [0.25, 0.3) is 0 Å². The summed E-state index contributed by atoms with van der Waals surface area (Å²) < 4.78 is 28.7. The molecular formula is C6H8N4O6S. The van der Waals surface area contributed by atoms with Gasteiger partial charge >= 0.3 is 28.2 Å². The van der Waals surface area contributed by atoms with Gasteiger partial charge in [-0.25, -0.2) is 9.59 Å². The summed E-state index contributed by atoms with van der Waals surface area (Å²) in [5.41, 5.74) is -1.02. The van der Waals surface area contributed by atoms with Gasteiger partial charge in [0.05, 0.1) is 6.61 Å². The summed E-state index contributed by atoms with van der Waals surface area (Å²) in [6, 6.07) is -1.64. The maximum absolute atomic E-state index is 11.5. The van der Waals surface area contributed by atoms with Crippen LogP contribution in [0.4, 0.5) is 4.79 Å². The first-order valence-corrected chi connectivity index (χ1v) is 5.29. The molecule has 0 aliphatic heterocycles. The van der Waals surface area contributed by atoms with Crippen molar-refractivity contribution in [3.63, 3.8) is 0 Å². The summed E-state index contributed by atoms with van der Waals surface area (Å²) in [6.07, 6.45) is 0. The Balaban J connectivity index is 3.32. The fourth-order valence-corrected chi connectivity index (χ4v) is 1.14. The zero-order valence-electron chi connectivity index (χ0n) is 8.85. The van der Waals surface area contributed by atoms with Crippen molar-refractivity contribution in [1.29, 1.82) is 0 Å². The van der Waals surface area contributed by atoms with Crippen molar-refractivity contribution in [2.45, 2.75) is 6.92 Å². The number of carbonyl (C=O) groups is 1. The third kappa shape index (κ3) is 2.69. The first-order chi connectivity index (χ1) is 8.01. The third-order valence-corrected chi connectivity index (χ3v) is 1.81. The topological polar surface area (TPSA) is 122 Å². The second-order valence-corrected chi connectivity index (χ2v) is 3.09. The first-order valence-electron chi connectivity index (χ1n) is 4.26. The Kier molecular flexibility index (Phi) is 3.98. The van der Waals surface area contributed by atoms with E-state index in [4.69, 9.17) is 4.74 Å². The molecule has 94 valence electrons. The highest BCUT2D eigenvalue weighted by Gasteiger charge is 2.19. The molecule has 1 rings (SSSR count). The van der Waals surface area contributed by atoms with Crippen molar-refractivity contribution in [2.75, 3.05) is 13.7 Å². The smallest absolute Gasteiger partial charge is 0.391 e. The molecule has 0 atom stereocenters. The minimum atomic E-state index is -2.97. The van der Waals surface area contributed by atoms with Crippen LogP contribution in [0.5, 0.6) is 6.01 Å². The minimum absolute atomic E-state index is 0.179. The van der Waals surface area contributed by atoms with Gasteiger partial charge in [-0.2, -0.15) is 8.42 Å². The van der Waals surface area contributed by atoms with Crippen LogP contribution < -0.4 is 15.3 Å². The summed E-state index contributed by atoms with van der Waals surface area (Å²) in [6.45, 7) is 1.81. The number of rotatable bonds is 3. The monoisotopic (exact) mass is 264 g/mol. The Labute approximate surface area is 96.0 Å². The molecule has 17 heavy (non-hydrogen) atoms. The van der Waals surface area contributed by atoms with Gasteiger partial charge in [0.1, 0.15) is 7.11 Å². The number of ether oxygens (including phenoxy) is 1. The van der Waals surface area contributed by atoms with Gasteiger partial charge in [0.15, 0.2) is 0 Å². The number of nitrogens with zero attached hydrogens (tertiary/aromatic N) is 4. The summed E-state index contributed by atoms with van der Waals surface area (Å²) >= 11 is 0. The fraction of sp³-hybridized carbons (Fsp3) is 0.500. The molecular weight excluding hydrogens is 256 g/mol. The van der Waals surface area contributed by atoms with E-state index in [9.17, 15) is 18.0 Å². The highest BCUT2D eigenvalue weighted by atomic mass is 32.2. The number of amides is 1. The number of hydrogen-bond acceptors (Lipinski definition) is 7. The van der Waals surface area contributed by atoms with Crippen molar-refractivity contribution in [2.24, 2.45) is 4.36 Å². The average molecular weight is 264 g/mol. The van der Waals surface area contributed by atoms with Gasteiger partial charge in [0.2, 0.25) is 0 Å². The summed E-state index contributed by atoms with van der Waals surface area (Å²) in [5, 5.41) is 3.43. The van der Waals surface area contributed by atoms with Gasteiger partial charge in [-0.1, -0.05) is 9.09 Å². The highest BCUT2D eigenvalue weighted by Crippen LogP contribution is 2.01. The largest absolute Gasteiger partial charge is 0.462 e. The summed E-state index contributed by atoms with van der Waals surface area (Å²) in [7, 11) is -1.82. The molecule has 0 unspecified atom stereocenters. The molecule has 0 aromatic carbocycles. The van der Waals surface area contributed by atoms with E-state index < -0.39 is 22.2 Å². The van der Waals surface area contributed by atoms with Crippen molar-refractivity contribution >= 4 is 16.5 Å². The van der Waals surface area contributed by atoms with Gasteiger partial charge < -0.3 is 9.57 Å². The molecule has 0 spiro atoms. The molecule has 0 aliphatic rings.